The number of nitrogens with zero attached hydrogens (tertiary/aromatic N) is 3. The Labute approximate surface area is 173 Å². The second-order valence-corrected chi connectivity index (χ2v) is 7.78. The van der Waals surface area contributed by atoms with Crippen LogP contribution in [0.1, 0.15) is 18.4 Å². The molecule has 0 aliphatic carbocycles. The highest BCUT2D eigenvalue weighted by molar-refractivity contribution is 6.35. The van der Waals surface area contributed by atoms with Crippen LogP contribution in [0.15, 0.2) is 42.5 Å². The molecular weight excluding hydrogens is 401 g/mol. The summed E-state index contributed by atoms with van der Waals surface area (Å²) in [5.74, 6) is -0.0386. The van der Waals surface area contributed by atoms with E-state index in [2.05, 4.69) is 0 Å². The van der Waals surface area contributed by atoms with Gasteiger partial charge in [0.05, 0.1) is 4.92 Å². The molecule has 0 aromatic heterocycles. The highest BCUT2D eigenvalue weighted by atomic mass is 35.5. The number of amides is 1. The summed E-state index contributed by atoms with van der Waals surface area (Å²) in [4.78, 5) is 27.4. The quantitative estimate of drug-likeness (QED) is 0.514. The van der Waals surface area contributed by atoms with Gasteiger partial charge in [-0.1, -0.05) is 41.4 Å². The Morgan fingerprint density at radius 1 is 1.21 bits per heavy atom. The van der Waals surface area contributed by atoms with E-state index in [9.17, 15) is 14.9 Å². The smallest absolute Gasteiger partial charge is 0.292 e. The number of para-hydroxylation sites is 2. The molecule has 0 saturated carbocycles. The zero-order valence-electron chi connectivity index (χ0n) is 15.5. The number of piperidine rings is 1. The monoisotopic (exact) mass is 421 g/mol. The molecule has 0 radical (unpaired) electrons. The summed E-state index contributed by atoms with van der Waals surface area (Å²) in [6, 6.07) is 12.0. The molecule has 0 bridgehead atoms. The molecule has 0 spiro atoms. The second-order valence-electron chi connectivity index (χ2n) is 6.94. The number of hydrogen-bond donors (Lipinski definition) is 0. The number of rotatable bonds is 5. The minimum Gasteiger partial charge on any atom is -0.366 e. The Balaban J connectivity index is 1.61. The van der Waals surface area contributed by atoms with Crippen LogP contribution in [0, 0.1) is 16.0 Å². The predicted octanol–water partition coefficient (Wildman–Crippen LogP) is 4.78. The van der Waals surface area contributed by atoms with Crippen molar-refractivity contribution in [1.29, 1.82) is 0 Å². The van der Waals surface area contributed by atoms with Crippen molar-refractivity contribution in [3.63, 3.8) is 0 Å². The van der Waals surface area contributed by atoms with Crippen molar-refractivity contribution >= 4 is 40.5 Å². The van der Waals surface area contributed by atoms with Gasteiger partial charge in [-0.25, -0.2) is 0 Å². The van der Waals surface area contributed by atoms with Gasteiger partial charge in [-0.2, -0.15) is 0 Å². The van der Waals surface area contributed by atoms with Crippen molar-refractivity contribution < 1.29 is 9.72 Å². The van der Waals surface area contributed by atoms with Gasteiger partial charge in [0.15, 0.2) is 0 Å². The van der Waals surface area contributed by atoms with Gasteiger partial charge in [0.1, 0.15) is 5.69 Å². The summed E-state index contributed by atoms with van der Waals surface area (Å²) in [5.41, 5.74) is 1.56. The van der Waals surface area contributed by atoms with E-state index in [-0.39, 0.29) is 22.4 Å². The van der Waals surface area contributed by atoms with Crippen LogP contribution >= 0.6 is 23.2 Å². The lowest BCUT2D eigenvalue weighted by molar-refractivity contribution is -0.384. The predicted molar refractivity (Wildman–Crippen MR) is 111 cm³/mol. The first-order valence-corrected chi connectivity index (χ1v) is 9.79. The Morgan fingerprint density at radius 3 is 2.54 bits per heavy atom. The van der Waals surface area contributed by atoms with Crippen molar-refractivity contribution in [2.24, 2.45) is 5.92 Å². The van der Waals surface area contributed by atoms with Crippen LogP contribution in [0.2, 0.25) is 10.0 Å². The number of nitro groups is 1. The van der Waals surface area contributed by atoms with Crippen molar-refractivity contribution in [2.75, 3.05) is 25.0 Å². The lowest BCUT2D eigenvalue weighted by Gasteiger charge is -2.34. The highest BCUT2D eigenvalue weighted by Gasteiger charge is 2.29. The molecule has 1 amide bonds. The van der Waals surface area contributed by atoms with Gasteiger partial charge in [-0.05, 0) is 36.6 Å². The SMILES string of the molecule is CN(Cc1ccc(Cl)cc1Cl)C(=O)C1CCN(c2ccccc2[N+](=O)[O-])CC1. The molecule has 3 rings (SSSR count). The third-order valence-electron chi connectivity index (χ3n) is 5.06. The maximum absolute atomic E-state index is 12.8. The van der Waals surface area contributed by atoms with E-state index < -0.39 is 0 Å². The normalized spacial score (nSPS) is 14.8. The van der Waals surface area contributed by atoms with Gasteiger partial charge in [-0.3, -0.25) is 14.9 Å². The molecule has 0 unspecified atom stereocenters. The third-order valence-corrected chi connectivity index (χ3v) is 5.65. The first-order chi connectivity index (χ1) is 13.4. The Hall–Kier alpha value is -2.31. The number of benzene rings is 2. The van der Waals surface area contributed by atoms with Gasteiger partial charge in [0, 0.05) is 48.7 Å². The van der Waals surface area contributed by atoms with Crippen LogP contribution in [0.25, 0.3) is 0 Å². The van der Waals surface area contributed by atoms with Crippen molar-refractivity contribution in [3.8, 4) is 0 Å². The minimum atomic E-state index is -0.365. The first-order valence-electron chi connectivity index (χ1n) is 9.04. The summed E-state index contributed by atoms with van der Waals surface area (Å²) in [5, 5.41) is 12.3. The van der Waals surface area contributed by atoms with Crippen LogP contribution in [0.3, 0.4) is 0 Å². The molecule has 0 N–H and O–H groups in total. The zero-order chi connectivity index (χ0) is 20.3. The molecule has 1 heterocycles. The lowest BCUT2D eigenvalue weighted by atomic mass is 9.94. The van der Waals surface area contributed by atoms with Crippen LogP contribution in [0.4, 0.5) is 11.4 Å². The number of halogens is 2. The number of anilines is 1. The number of carbonyl (C=O) groups excluding carboxylic acids is 1. The molecule has 1 aliphatic heterocycles. The standard InChI is InChI=1S/C20H21Cl2N3O3/c1-23(13-15-6-7-16(21)12-17(15)22)20(26)14-8-10-24(11-9-14)18-4-2-3-5-19(18)25(27)28/h2-7,12,14H,8-11,13H2,1H3. The second kappa shape index (κ2) is 8.80. The first kappa shape index (κ1) is 20.4. The fourth-order valence-corrected chi connectivity index (χ4v) is 4.02. The van der Waals surface area contributed by atoms with E-state index in [1.165, 1.54) is 6.07 Å². The molecule has 0 atom stereocenters. The number of hydrogen-bond acceptors (Lipinski definition) is 4. The lowest BCUT2D eigenvalue weighted by Crippen LogP contribution is -2.41. The fraction of sp³-hybridized carbons (Fsp3) is 0.350. The maximum Gasteiger partial charge on any atom is 0.292 e. The molecule has 2 aromatic carbocycles. The van der Waals surface area contributed by atoms with E-state index in [0.717, 1.165) is 5.56 Å². The molecule has 8 heteroatoms. The topological polar surface area (TPSA) is 66.7 Å². The van der Waals surface area contributed by atoms with Gasteiger partial charge in [-0.15, -0.1) is 0 Å². The Morgan fingerprint density at radius 2 is 1.89 bits per heavy atom. The van der Waals surface area contributed by atoms with Crippen molar-refractivity contribution in [2.45, 2.75) is 19.4 Å². The largest absolute Gasteiger partial charge is 0.366 e. The number of nitro benzene ring substituents is 1. The van der Waals surface area contributed by atoms with E-state index in [1.54, 1.807) is 42.3 Å². The van der Waals surface area contributed by atoms with Gasteiger partial charge >= 0.3 is 0 Å². The van der Waals surface area contributed by atoms with E-state index in [4.69, 9.17) is 23.2 Å². The molecule has 2 aromatic rings. The van der Waals surface area contributed by atoms with Crippen LogP contribution in [0.5, 0.6) is 0 Å². The third kappa shape index (κ3) is 4.56. The molecule has 1 saturated heterocycles. The summed E-state index contributed by atoms with van der Waals surface area (Å²) in [7, 11) is 1.77. The molecule has 28 heavy (non-hydrogen) atoms. The molecule has 1 aliphatic rings. The van der Waals surface area contributed by atoms with Crippen molar-refractivity contribution in [3.05, 3.63) is 68.2 Å². The van der Waals surface area contributed by atoms with Crippen LogP contribution < -0.4 is 4.90 Å². The average molecular weight is 422 g/mol. The Bertz CT molecular complexity index is 883. The molecule has 1 fully saturated rings. The molecule has 148 valence electrons. The molecular formula is C20H21Cl2N3O3. The minimum absolute atomic E-state index is 0.0632. The fourth-order valence-electron chi connectivity index (χ4n) is 3.55. The van der Waals surface area contributed by atoms with Crippen molar-refractivity contribution in [1.82, 2.24) is 4.90 Å². The van der Waals surface area contributed by atoms with Gasteiger partial charge in [0.25, 0.3) is 5.69 Å². The van der Waals surface area contributed by atoms with E-state index >= 15 is 0 Å². The summed E-state index contributed by atoms with van der Waals surface area (Å²) in [6.07, 6.45) is 1.31. The average Bonchev–Trinajstić information content (AvgIpc) is 2.69. The zero-order valence-corrected chi connectivity index (χ0v) is 17.0. The summed E-state index contributed by atoms with van der Waals surface area (Å²) >= 11 is 12.1. The summed E-state index contributed by atoms with van der Waals surface area (Å²) in [6.45, 7) is 1.63. The van der Waals surface area contributed by atoms with Gasteiger partial charge in [0.2, 0.25) is 5.91 Å². The van der Waals surface area contributed by atoms with E-state index in [0.29, 0.717) is 48.2 Å². The molecule has 6 nitrogen and oxygen atoms in total. The summed E-state index contributed by atoms with van der Waals surface area (Å²) < 4.78 is 0. The van der Waals surface area contributed by atoms with E-state index in [1.807, 2.05) is 11.0 Å². The highest BCUT2D eigenvalue weighted by Crippen LogP contribution is 2.32. The van der Waals surface area contributed by atoms with Crippen LogP contribution in [-0.2, 0) is 11.3 Å². The van der Waals surface area contributed by atoms with Crippen LogP contribution in [-0.4, -0.2) is 35.9 Å². The maximum atomic E-state index is 12.8. The van der Waals surface area contributed by atoms with Gasteiger partial charge < -0.3 is 9.80 Å². The number of carbonyl (C=O) groups is 1. The Kier molecular flexibility index (Phi) is 6.42.